The molecule has 0 spiro atoms. The van der Waals surface area contributed by atoms with Gasteiger partial charge < -0.3 is 9.88 Å². The zero-order valence-corrected chi connectivity index (χ0v) is 12.9. The molecule has 3 aromatic heterocycles. The summed E-state index contributed by atoms with van der Waals surface area (Å²) in [5.41, 5.74) is 4.82. The smallest absolute Gasteiger partial charge is 0.111 e. The van der Waals surface area contributed by atoms with Crippen LogP contribution in [0.5, 0.6) is 0 Å². The second-order valence-corrected chi connectivity index (χ2v) is 5.37. The van der Waals surface area contributed by atoms with Gasteiger partial charge in [0.25, 0.3) is 0 Å². The van der Waals surface area contributed by atoms with Crippen molar-refractivity contribution in [2.24, 2.45) is 0 Å². The number of hydrogen-bond donors (Lipinski definition) is 2. The number of anilines is 1. The highest BCUT2D eigenvalue weighted by molar-refractivity contribution is 5.55. The molecular weight excluding hydrogens is 300 g/mol. The lowest BCUT2D eigenvalue weighted by Gasteiger charge is -2.07. The van der Waals surface area contributed by atoms with Crippen molar-refractivity contribution in [3.8, 4) is 17.1 Å². The van der Waals surface area contributed by atoms with Crippen LogP contribution >= 0.6 is 0 Å². The summed E-state index contributed by atoms with van der Waals surface area (Å²) in [5, 5.41) is 10.8. The molecule has 6 nitrogen and oxygen atoms in total. The maximum atomic E-state index is 4.32. The first-order chi connectivity index (χ1) is 11.9. The van der Waals surface area contributed by atoms with Crippen LogP contribution in [0.4, 0.5) is 5.69 Å². The molecule has 0 unspecified atom stereocenters. The lowest BCUT2D eigenvalue weighted by Crippen LogP contribution is -2.00. The molecule has 3 heterocycles. The maximum absolute atomic E-state index is 4.32. The summed E-state index contributed by atoms with van der Waals surface area (Å²) < 4.78 is 1.97. The van der Waals surface area contributed by atoms with Crippen molar-refractivity contribution >= 4 is 5.69 Å². The second kappa shape index (κ2) is 6.37. The molecule has 0 saturated carbocycles. The molecule has 0 amide bonds. The third-order valence-electron chi connectivity index (χ3n) is 3.69. The zero-order chi connectivity index (χ0) is 16.2. The molecule has 0 aliphatic heterocycles. The minimum Gasteiger partial charge on any atom is -0.379 e. The van der Waals surface area contributed by atoms with E-state index in [0.29, 0.717) is 6.54 Å². The zero-order valence-electron chi connectivity index (χ0n) is 12.9. The Labute approximate surface area is 139 Å². The number of H-pyrrole nitrogens is 1. The van der Waals surface area contributed by atoms with Gasteiger partial charge in [0.1, 0.15) is 5.69 Å². The number of aromatic amines is 1. The summed E-state index contributed by atoms with van der Waals surface area (Å²) in [6.45, 7) is 0.660. The van der Waals surface area contributed by atoms with Crippen molar-refractivity contribution in [3.05, 3.63) is 79.1 Å². The van der Waals surface area contributed by atoms with Crippen LogP contribution in [0.2, 0.25) is 0 Å². The molecule has 0 aliphatic rings. The summed E-state index contributed by atoms with van der Waals surface area (Å²) >= 11 is 0. The number of nitrogens with one attached hydrogen (secondary N) is 2. The minimum absolute atomic E-state index is 0.660. The second-order valence-electron chi connectivity index (χ2n) is 5.37. The SMILES string of the molecule is c1ccc(-c2cc(CNc3cccc(-n4ccnc4)c3)[nH]n2)nc1. The van der Waals surface area contributed by atoms with Crippen molar-refractivity contribution < 1.29 is 0 Å². The van der Waals surface area contributed by atoms with Gasteiger partial charge in [0.2, 0.25) is 0 Å². The Bertz CT molecular complexity index is 912. The summed E-state index contributed by atoms with van der Waals surface area (Å²) in [7, 11) is 0. The van der Waals surface area contributed by atoms with Crippen LogP contribution in [-0.2, 0) is 6.54 Å². The van der Waals surface area contributed by atoms with E-state index in [1.807, 2.05) is 53.2 Å². The molecule has 6 heteroatoms. The predicted molar refractivity (Wildman–Crippen MR) is 92.7 cm³/mol. The molecule has 4 rings (SSSR count). The first-order valence-corrected chi connectivity index (χ1v) is 7.66. The third kappa shape index (κ3) is 3.03. The van der Waals surface area contributed by atoms with E-state index in [0.717, 1.165) is 28.5 Å². The van der Waals surface area contributed by atoms with Crippen LogP contribution in [0.1, 0.15) is 5.69 Å². The van der Waals surface area contributed by atoms with Crippen molar-refractivity contribution in [1.29, 1.82) is 0 Å². The quantitative estimate of drug-likeness (QED) is 0.593. The highest BCUT2D eigenvalue weighted by atomic mass is 15.1. The van der Waals surface area contributed by atoms with Gasteiger partial charge in [0.15, 0.2) is 0 Å². The summed E-state index contributed by atoms with van der Waals surface area (Å²) in [6.07, 6.45) is 7.24. The van der Waals surface area contributed by atoms with E-state index in [1.165, 1.54) is 0 Å². The standard InChI is InChI=1S/C18H16N6/c1-2-7-20-17(6-1)18-11-15(22-23-18)12-21-14-4-3-5-16(10-14)24-9-8-19-13-24/h1-11,13,21H,12H2,(H,22,23). The number of nitrogens with zero attached hydrogens (tertiary/aromatic N) is 4. The number of hydrogen-bond acceptors (Lipinski definition) is 4. The Morgan fingerprint density at radius 3 is 2.83 bits per heavy atom. The van der Waals surface area contributed by atoms with Gasteiger partial charge in [-0.15, -0.1) is 0 Å². The van der Waals surface area contributed by atoms with Crippen LogP contribution in [0.3, 0.4) is 0 Å². The Hall–Kier alpha value is -3.41. The third-order valence-corrected chi connectivity index (χ3v) is 3.69. The fourth-order valence-corrected chi connectivity index (χ4v) is 2.48. The average Bonchev–Trinajstić information content (AvgIpc) is 3.33. The largest absolute Gasteiger partial charge is 0.379 e. The summed E-state index contributed by atoms with van der Waals surface area (Å²) in [6, 6.07) is 16.0. The van der Waals surface area contributed by atoms with E-state index >= 15 is 0 Å². The monoisotopic (exact) mass is 316 g/mol. The van der Waals surface area contributed by atoms with Crippen LogP contribution in [-0.4, -0.2) is 24.7 Å². The molecule has 0 saturated heterocycles. The normalized spacial score (nSPS) is 10.7. The molecule has 4 aromatic rings. The highest BCUT2D eigenvalue weighted by Crippen LogP contribution is 2.17. The number of aromatic nitrogens is 5. The molecule has 24 heavy (non-hydrogen) atoms. The molecule has 2 N–H and O–H groups in total. The maximum Gasteiger partial charge on any atom is 0.111 e. The molecule has 0 bridgehead atoms. The topological polar surface area (TPSA) is 71.4 Å². The van der Waals surface area contributed by atoms with Gasteiger partial charge in [-0.2, -0.15) is 5.10 Å². The fourth-order valence-electron chi connectivity index (χ4n) is 2.48. The van der Waals surface area contributed by atoms with E-state index < -0.39 is 0 Å². The highest BCUT2D eigenvalue weighted by Gasteiger charge is 2.05. The summed E-state index contributed by atoms with van der Waals surface area (Å²) in [5.74, 6) is 0. The van der Waals surface area contributed by atoms with E-state index in [2.05, 4.69) is 31.5 Å². The van der Waals surface area contributed by atoms with E-state index in [1.54, 1.807) is 18.7 Å². The predicted octanol–water partition coefficient (Wildman–Crippen LogP) is 3.27. The Morgan fingerprint density at radius 2 is 2.00 bits per heavy atom. The van der Waals surface area contributed by atoms with Gasteiger partial charge in [0.05, 0.1) is 24.3 Å². The van der Waals surface area contributed by atoms with Crippen molar-refractivity contribution in [3.63, 3.8) is 0 Å². The summed E-state index contributed by atoms with van der Waals surface area (Å²) in [4.78, 5) is 8.39. The van der Waals surface area contributed by atoms with Crippen LogP contribution in [0.15, 0.2) is 73.4 Å². The van der Waals surface area contributed by atoms with Crippen molar-refractivity contribution in [1.82, 2.24) is 24.7 Å². The Balaban J connectivity index is 1.46. The Kier molecular flexibility index (Phi) is 3.77. The first kappa shape index (κ1) is 14.2. The molecule has 0 radical (unpaired) electrons. The van der Waals surface area contributed by atoms with Crippen molar-refractivity contribution in [2.45, 2.75) is 6.54 Å². The number of pyridine rings is 1. The van der Waals surface area contributed by atoms with Gasteiger partial charge in [-0.1, -0.05) is 12.1 Å². The van der Waals surface area contributed by atoms with Gasteiger partial charge in [-0.3, -0.25) is 10.1 Å². The first-order valence-electron chi connectivity index (χ1n) is 7.66. The van der Waals surface area contributed by atoms with Gasteiger partial charge in [0, 0.05) is 30.0 Å². The lowest BCUT2D eigenvalue weighted by molar-refractivity contribution is 0.980. The Morgan fingerprint density at radius 1 is 1.00 bits per heavy atom. The lowest BCUT2D eigenvalue weighted by atomic mass is 10.2. The molecule has 1 aromatic carbocycles. The van der Waals surface area contributed by atoms with E-state index in [4.69, 9.17) is 0 Å². The molecular formula is C18H16N6. The van der Waals surface area contributed by atoms with Gasteiger partial charge in [-0.25, -0.2) is 4.98 Å². The number of benzene rings is 1. The van der Waals surface area contributed by atoms with E-state index in [-0.39, 0.29) is 0 Å². The van der Waals surface area contributed by atoms with Gasteiger partial charge in [-0.05, 0) is 36.4 Å². The number of rotatable bonds is 5. The van der Waals surface area contributed by atoms with Crippen LogP contribution in [0.25, 0.3) is 17.1 Å². The fraction of sp³-hybridized carbons (Fsp3) is 0.0556. The van der Waals surface area contributed by atoms with Crippen LogP contribution < -0.4 is 5.32 Å². The van der Waals surface area contributed by atoms with Crippen molar-refractivity contribution in [2.75, 3.05) is 5.32 Å². The molecule has 0 fully saturated rings. The van der Waals surface area contributed by atoms with Gasteiger partial charge >= 0.3 is 0 Å². The van der Waals surface area contributed by atoms with Crippen LogP contribution in [0, 0.1) is 0 Å². The minimum atomic E-state index is 0.660. The van der Waals surface area contributed by atoms with E-state index in [9.17, 15) is 0 Å². The average molecular weight is 316 g/mol. The molecule has 0 aliphatic carbocycles. The molecule has 0 atom stereocenters. The number of imidazole rings is 1. The molecule has 118 valence electrons.